The number of carboxylic acids is 1. The number of carbonyl (C=O) groups excluding carboxylic acids is 1. The number of urea groups is 1. The van der Waals surface area contributed by atoms with Gasteiger partial charge in [-0.05, 0) is 24.2 Å². The molecule has 0 aromatic rings. The second-order valence-electron chi connectivity index (χ2n) is 7.10. The van der Waals surface area contributed by atoms with Gasteiger partial charge in [0.15, 0.2) is 0 Å². The molecular formula is C16H32N2O3. The van der Waals surface area contributed by atoms with Crippen LogP contribution >= 0.6 is 0 Å². The Hall–Kier alpha value is -1.26. The zero-order chi connectivity index (χ0) is 16.8. The highest BCUT2D eigenvalue weighted by atomic mass is 16.4. The van der Waals surface area contributed by atoms with Crippen LogP contribution < -0.4 is 5.32 Å². The molecule has 0 aliphatic heterocycles. The molecule has 0 aliphatic rings. The molecular weight excluding hydrogens is 268 g/mol. The Bertz CT molecular complexity index is 344. The fraction of sp³-hybridized carbons (Fsp3) is 0.875. The summed E-state index contributed by atoms with van der Waals surface area (Å²) < 4.78 is 0. The Morgan fingerprint density at radius 3 is 1.90 bits per heavy atom. The lowest BCUT2D eigenvalue weighted by Gasteiger charge is -2.35. The van der Waals surface area contributed by atoms with E-state index in [1.54, 1.807) is 4.90 Å². The molecule has 0 heterocycles. The van der Waals surface area contributed by atoms with Crippen LogP contribution in [-0.4, -0.2) is 40.6 Å². The summed E-state index contributed by atoms with van der Waals surface area (Å²) in [7, 11) is 0. The molecule has 2 amide bonds. The fourth-order valence-corrected chi connectivity index (χ4v) is 2.38. The minimum Gasteiger partial charge on any atom is -0.480 e. The van der Waals surface area contributed by atoms with E-state index in [9.17, 15) is 14.7 Å². The van der Waals surface area contributed by atoms with E-state index in [1.165, 1.54) is 0 Å². The van der Waals surface area contributed by atoms with E-state index in [1.807, 2.05) is 34.6 Å². The third kappa shape index (κ3) is 6.36. The lowest BCUT2D eigenvalue weighted by Crippen LogP contribution is -2.55. The monoisotopic (exact) mass is 300 g/mol. The van der Waals surface area contributed by atoms with Gasteiger partial charge >= 0.3 is 12.0 Å². The van der Waals surface area contributed by atoms with Crippen molar-refractivity contribution < 1.29 is 14.7 Å². The van der Waals surface area contributed by atoms with E-state index in [0.29, 0.717) is 12.5 Å². The molecule has 0 saturated carbocycles. The number of carbonyl (C=O) groups is 2. The van der Waals surface area contributed by atoms with Crippen molar-refractivity contribution in [2.75, 3.05) is 6.54 Å². The number of carboxylic acid groups (broad SMARTS) is 1. The SMILES string of the molecule is CCC(CC)N(CC(C)C)C(=O)N[C@@H](C(=O)O)C(C)(C)C. The molecule has 1 atom stereocenters. The second kappa shape index (κ2) is 8.25. The van der Waals surface area contributed by atoms with Gasteiger partial charge in [0.05, 0.1) is 0 Å². The zero-order valence-electron chi connectivity index (χ0n) is 14.6. The van der Waals surface area contributed by atoms with Gasteiger partial charge in [0.25, 0.3) is 0 Å². The summed E-state index contributed by atoms with van der Waals surface area (Å²) in [5.41, 5.74) is -0.529. The molecule has 0 unspecified atom stereocenters. The second-order valence-corrected chi connectivity index (χ2v) is 7.10. The van der Waals surface area contributed by atoms with Gasteiger partial charge in [0.1, 0.15) is 6.04 Å². The number of aliphatic carboxylic acids is 1. The number of hydrogen-bond donors (Lipinski definition) is 2. The van der Waals surface area contributed by atoms with Gasteiger partial charge in [-0.25, -0.2) is 9.59 Å². The summed E-state index contributed by atoms with van der Waals surface area (Å²) in [5.74, 6) is -0.654. The molecule has 0 fully saturated rings. The molecule has 0 radical (unpaired) electrons. The lowest BCUT2D eigenvalue weighted by molar-refractivity contribution is -0.142. The van der Waals surface area contributed by atoms with E-state index < -0.39 is 17.4 Å². The zero-order valence-corrected chi connectivity index (χ0v) is 14.6. The molecule has 0 bridgehead atoms. The molecule has 0 saturated heterocycles. The summed E-state index contributed by atoms with van der Waals surface area (Å²) in [6.07, 6.45) is 1.73. The molecule has 21 heavy (non-hydrogen) atoms. The van der Waals surface area contributed by atoms with E-state index in [0.717, 1.165) is 12.8 Å². The summed E-state index contributed by atoms with van der Waals surface area (Å²) in [6, 6.07) is -1.03. The first-order valence-corrected chi connectivity index (χ1v) is 7.84. The maximum atomic E-state index is 12.6. The first kappa shape index (κ1) is 19.7. The minimum atomic E-state index is -0.995. The van der Waals surface area contributed by atoms with Crippen LogP contribution in [0.15, 0.2) is 0 Å². The standard InChI is InChI=1S/C16H32N2O3/c1-8-12(9-2)18(10-11(3)4)15(21)17-13(14(19)20)16(5,6)7/h11-13H,8-10H2,1-7H3,(H,17,21)(H,19,20)/t13-/m0/s1. The van der Waals surface area contributed by atoms with Crippen molar-refractivity contribution in [3.05, 3.63) is 0 Å². The number of rotatable bonds is 7. The van der Waals surface area contributed by atoms with Crippen molar-refractivity contribution in [2.24, 2.45) is 11.3 Å². The predicted octanol–water partition coefficient (Wildman–Crippen LogP) is 3.34. The Morgan fingerprint density at radius 2 is 1.62 bits per heavy atom. The Morgan fingerprint density at radius 1 is 1.14 bits per heavy atom. The maximum Gasteiger partial charge on any atom is 0.326 e. The van der Waals surface area contributed by atoms with E-state index >= 15 is 0 Å². The quantitative estimate of drug-likeness (QED) is 0.757. The van der Waals surface area contributed by atoms with Crippen LogP contribution in [0, 0.1) is 11.3 Å². The summed E-state index contributed by atoms with van der Waals surface area (Å²) >= 11 is 0. The summed E-state index contributed by atoms with van der Waals surface area (Å²) in [6.45, 7) is 14.3. The van der Waals surface area contributed by atoms with Gasteiger partial charge < -0.3 is 15.3 Å². The highest BCUT2D eigenvalue weighted by molar-refractivity contribution is 5.83. The topological polar surface area (TPSA) is 69.6 Å². The molecule has 0 rings (SSSR count). The van der Waals surface area contributed by atoms with Crippen LogP contribution in [-0.2, 0) is 4.79 Å². The van der Waals surface area contributed by atoms with Crippen molar-refractivity contribution in [3.8, 4) is 0 Å². The van der Waals surface area contributed by atoms with E-state index in [-0.39, 0.29) is 12.1 Å². The fourth-order valence-electron chi connectivity index (χ4n) is 2.38. The van der Waals surface area contributed by atoms with Gasteiger partial charge in [-0.3, -0.25) is 0 Å². The van der Waals surface area contributed by atoms with Crippen molar-refractivity contribution in [1.82, 2.24) is 10.2 Å². The van der Waals surface area contributed by atoms with Gasteiger partial charge in [-0.2, -0.15) is 0 Å². The van der Waals surface area contributed by atoms with Gasteiger partial charge in [0, 0.05) is 12.6 Å². The molecule has 0 aromatic carbocycles. The van der Waals surface area contributed by atoms with Crippen LogP contribution in [0.1, 0.15) is 61.3 Å². The third-order valence-electron chi connectivity index (χ3n) is 3.59. The molecule has 0 aliphatic carbocycles. The van der Waals surface area contributed by atoms with Crippen LogP contribution in [0.4, 0.5) is 4.79 Å². The molecule has 5 heteroatoms. The first-order chi connectivity index (χ1) is 9.54. The number of amides is 2. The molecule has 0 spiro atoms. The Labute approximate surface area is 129 Å². The predicted molar refractivity (Wildman–Crippen MR) is 85.3 cm³/mol. The molecule has 2 N–H and O–H groups in total. The summed E-state index contributed by atoms with van der Waals surface area (Å²) in [4.78, 5) is 25.7. The number of hydrogen-bond acceptors (Lipinski definition) is 2. The van der Waals surface area contributed by atoms with E-state index in [4.69, 9.17) is 0 Å². The normalized spacial score (nSPS) is 13.4. The van der Waals surface area contributed by atoms with E-state index in [2.05, 4.69) is 19.2 Å². The molecule has 5 nitrogen and oxygen atoms in total. The number of nitrogens with one attached hydrogen (secondary N) is 1. The van der Waals surface area contributed by atoms with Crippen LogP contribution in [0.2, 0.25) is 0 Å². The Balaban J connectivity index is 5.15. The number of nitrogens with zero attached hydrogens (tertiary/aromatic N) is 1. The van der Waals surface area contributed by atoms with Crippen LogP contribution in [0.5, 0.6) is 0 Å². The van der Waals surface area contributed by atoms with Gasteiger partial charge in [-0.1, -0.05) is 48.5 Å². The van der Waals surface area contributed by atoms with Gasteiger partial charge in [-0.15, -0.1) is 0 Å². The summed E-state index contributed by atoms with van der Waals surface area (Å²) in [5, 5.41) is 12.0. The van der Waals surface area contributed by atoms with Crippen molar-refractivity contribution >= 4 is 12.0 Å². The highest BCUT2D eigenvalue weighted by Gasteiger charge is 2.34. The average Bonchev–Trinajstić information content (AvgIpc) is 2.33. The average molecular weight is 300 g/mol. The third-order valence-corrected chi connectivity index (χ3v) is 3.59. The minimum absolute atomic E-state index is 0.141. The van der Waals surface area contributed by atoms with Crippen molar-refractivity contribution in [1.29, 1.82) is 0 Å². The van der Waals surface area contributed by atoms with Crippen molar-refractivity contribution in [2.45, 2.75) is 73.4 Å². The highest BCUT2D eigenvalue weighted by Crippen LogP contribution is 2.20. The lowest BCUT2D eigenvalue weighted by atomic mass is 9.87. The van der Waals surface area contributed by atoms with Gasteiger partial charge in [0.2, 0.25) is 0 Å². The maximum absolute atomic E-state index is 12.6. The first-order valence-electron chi connectivity index (χ1n) is 7.84. The largest absolute Gasteiger partial charge is 0.480 e. The molecule has 124 valence electrons. The van der Waals surface area contributed by atoms with Crippen LogP contribution in [0.25, 0.3) is 0 Å². The Kier molecular flexibility index (Phi) is 7.75. The smallest absolute Gasteiger partial charge is 0.326 e. The molecule has 0 aromatic heterocycles. The van der Waals surface area contributed by atoms with Crippen LogP contribution in [0.3, 0.4) is 0 Å². The van der Waals surface area contributed by atoms with Crippen molar-refractivity contribution in [3.63, 3.8) is 0 Å².